The van der Waals surface area contributed by atoms with Crippen molar-refractivity contribution >= 4 is 46.7 Å². The second-order valence-electron chi connectivity index (χ2n) is 5.80. The van der Waals surface area contributed by atoms with Crippen molar-refractivity contribution in [3.63, 3.8) is 0 Å². The van der Waals surface area contributed by atoms with E-state index in [0.717, 1.165) is 11.3 Å². The molecular formula is C19H20ClNO2S2. The molecule has 0 unspecified atom stereocenters. The molecule has 1 saturated heterocycles. The molecule has 1 N–H and O–H groups in total. The standard InChI is InChI=1S/C19H20ClNO2S2/c1-13-10-16(6-7-17(13)20)23-12-18(22)21-15-5-2-4-14(11-15)19-24-8-3-9-25-19/h2,4-7,10-11,19H,3,8-9,12H2,1H3,(H,21,22). The molecule has 25 heavy (non-hydrogen) atoms. The van der Waals surface area contributed by atoms with Crippen LogP contribution in [0.1, 0.15) is 22.1 Å². The summed E-state index contributed by atoms with van der Waals surface area (Å²) >= 11 is 9.93. The van der Waals surface area contributed by atoms with Gasteiger partial charge in [-0.25, -0.2) is 0 Å². The number of amides is 1. The van der Waals surface area contributed by atoms with E-state index < -0.39 is 0 Å². The molecule has 0 atom stereocenters. The molecule has 0 aromatic heterocycles. The average molecular weight is 394 g/mol. The van der Waals surface area contributed by atoms with E-state index in [4.69, 9.17) is 16.3 Å². The van der Waals surface area contributed by atoms with E-state index in [9.17, 15) is 4.79 Å². The van der Waals surface area contributed by atoms with Crippen LogP contribution in [-0.2, 0) is 4.79 Å². The zero-order chi connectivity index (χ0) is 17.6. The van der Waals surface area contributed by atoms with Gasteiger partial charge in [-0.2, -0.15) is 0 Å². The predicted molar refractivity (Wildman–Crippen MR) is 109 cm³/mol. The summed E-state index contributed by atoms with van der Waals surface area (Å²) in [7, 11) is 0. The molecule has 1 fully saturated rings. The second kappa shape index (κ2) is 8.88. The molecular weight excluding hydrogens is 374 g/mol. The first kappa shape index (κ1) is 18.5. The fraction of sp³-hybridized carbons (Fsp3) is 0.316. The van der Waals surface area contributed by atoms with E-state index in [1.54, 1.807) is 12.1 Å². The first-order chi connectivity index (χ1) is 12.1. The van der Waals surface area contributed by atoms with Crippen molar-refractivity contribution < 1.29 is 9.53 Å². The number of hydrogen-bond acceptors (Lipinski definition) is 4. The maximum Gasteiger partial charge on any atom is 0.262 e. The highest BCUT2D eigenvalue weighted by molar-refractivity contribution is 8.16. The number of aryl methyl sites for hydroxylation is 1. The highest BCUT2D eigenvalue weighted by Gasteiger charge is 2.17. The van der Waals surface area contributed by atoms with Gasteiger partial charge in [0.1, 0.15) is 5.75 Å². The summed E-state index contributed by atoms with van der Waals surface area (Å²) < 4.78 is 6.00. The number of carbonyl (C=O) groups is 1. The second-order valence-corrected chi connectivity index (χ2v) is 8.93. The van der Waals surface area contributed by atoms with Gasteiger partial charge in [-0.3, -0.25) is 4.79 Å². The van der Waals surface area contributed by atoms with Crippen LogP contribution in [0.3, 0.4) is 0 Å². The molecule has 0 bridgehead atoms. The van der Waals surface area contributed by atoms with Crippen LogP contribution in [0.15, 0.2) is 42.5 Å². The number of ether oxygens (including phenoxy) is 1. The summed E-state index contributed by atoms with van der Waals surface area (Å²) in [5.41, 5.74) is 2.99. The first-order valence-corrected chi connectivity index (χ1v) is 10.6. The Morgan fingerprint density at radius 3 is 2.80 bits per heavy atom. The minimum Gasteiger partial charge on any atom is -0.484 e. The molecule has 1 aliphatic rings. The minimum absolute atomic E-state index is 0.0295. The Kier molecular flexibility index (Phi) is 6.57. The Bertz CT molecular complexity index is 748. The molecule has 2 aromatic rings. The number of rotatable bonds is 5. The van der Waals surface area contributed by atoms with Crippen LogP contribution in [0.5, 0.6) is 5.75 Å². The summed E-state index contributed by atoms with van der Waals surface area (Å²) in [4.78, 5) is 12.2. The van der Waals surface area contributed by atoms with Crippen molar-refractivity contribution in [3.8, 4) is 5.75 Å². The Morgan fingerprint density at radius 1 is 1.24 bits per heavy atom. The fourth-order valence-corrected chi connectivity index (χ4v) is 5.49. The van der Waals surface area contributed by atoms with Crippen molar-refractivity contribution in [3.05, 3.63) is 58.6 Å². The lowest BCUT2D eigenvalue weighted by Gasteiger charge is -2.21. The Morgan fingerprint density at radius 2 is 2.04 bits per heavy atom. The molecule has 1 aliphatic heterocycles. The monoisotopic (exact) mass is 393 g/mol. The average Bonchev–Trinajstić information content (AvgIpc) is 2.64. The number of anilines is 1. The van der Waals surface area contributed by atoms with Crippen LogP contribution in [0.25, 0.3) is 0 Å². The van der Waals surface area contributed by atoms with Gasteiger partial charge < -0.3 is 10.1 Å². The molecule has 0 radical (unpaired) electrons. The molecule has 1 amide bonds. The molecule has 1 heterocycles. The maximum absolute atomic E-state index is 12.2. The van der Waals surface area contributed by atoms with E-state index in [1.165, 1.54) is 23.5 Å². The van der Waals surface area contributed by atoms with Crippen LogP contribution in [0.4, 0.5) is 5.69 Å². The van der Waals surface area contributed by atoms with Gasteiger partial charge in [0.2, 0.25) is 0 Å². The first-order valence-electron chi connectivity index (χ1n) is 8.14. The largest absolute Gasteiger partial charge is 0.484 e. The molecule has 0 saturated carbocycles. The molecule has 2 aromatic carbocycles. The smallest absolute Gasteiger partial charge is 0.262 e. The number of carbonyl (C=O) groups excluding carboxylic acids is 1. The lowest BCUT2D eigenvalue weighted by Crippen LogP contribution is -2.20. The van der Waals surface area contributed by atoms with Gasteiger partial charge in [-0.1, -0.05) is 23.7 Å². The Hall–Kier alpha value is -1.30. The highest BCUT2D eigenvalue weighted by Crippen LogP contribution is 2.44. The van der Waals surface area contributed by atoms with Crippen LogP contribution in [-0.4, -0.2) is 24.0 Å². The molecule has 0 aliphatic carbocycles. The molecule has 3 nitrogen and oxygen atoms in total. The lowest BCUT2D eigenvalue weighted by atomic mass is 10.2. The van der Waals surface area contributed by atoms with Crippen LogP contribution in [0, 0.1) is 6.92 Å². The van der Waals surface area contributed by atoms with E-state index >= 15 is 0 Å². The van der Waals surface area contributed by atoms with Gasteiger partial charge in [0, 0.05) is 10.7 Å². The van der Waals surface area contributed by atoms with Gasteiger partial charge in [0.25, 0.3) is 5.91 Å². The molecule has 6 heteroatoms. The third-order valence-electron chi connectivity index (χ3n) is 3.77. The summed E-state index contributed by atoms with van der Waals surface area (Å²) in [6, 6.07) is 13.4. The van der Waals surface area contributed by atoms with Crippen LogP contribution < -0.4 is 10.1 Å². The third kappa shape index (κ3) is 5.33. The summed E-state index contributed by atoms with van der Waals surface area (Å²) in [6.45, 7) is 1.88. The number of benzene rings is 2. The normalized spacial score (nSPS) is 15.0. The zero-order valence-electron chi connectivity index (χ0n) is 14.0. The molecule has 132 valence electrons. The summed E-state index contributed by atoms with van der Waals surface area (Å²) in [5.74, 6) is 2.86. The van der Waals surface area contributed by atoms with Gasteiger partial charge in [-0.15, -0.1) is 23.5 Å². The third-order valence-corrected chi connectivity index (χ3v) is 7.21. The van der Waals surface area contributed by atoms with Gasteiger partial charge in [0.05, 0.1) is 4.58 Å². The summed E-state index contributed by atoms with van der Waals surface area (Å²) in [6.07, 6.45) is 1.27. The van der Waals surface area contributed by atoms with Gasteiger partial charge in [0.15, 0.2) is 6.61 Å². The van der Waals surface area contributed by atoms with Crippen molar-refractivity contribution in [1.29, 1.82) is 0 Å². The van der Waals surface area contributed by atoms with E-state index in [-0.39, 0.29) is 12.5 Å². The topological polar surface area (TPSA) is 38.3 Å². The maximum atomic E-state index is 12.2. The number of hydrogen-bond donors (Lipinski definition) is 1. The van der Waals surface area contributed by atoms with E-state index in [0.29, 0.717) is 15.4 Å². The quantitative estimate of drug-likeness (QED) is 0.724. The van der Waals surface area contributed by atoms with Crippen LogP contribution in [0.2, 0.25) is 5.02 Å². The number of nitrogens with one attached hydrogen (secondary N) is 1. The fourth-order valence-electron chi connectivity index (χ4n) is 2.50. The van der Waals surface area contributed by atoms with Gasteiger partial charge in [-0.05, 0) is 66.3 Å². The lowest BCUT2D eigenvalue weighted by molar-refractivity contribution is -0.118. The molecule has 3 rings (SSSR count). The van der Waals surface area contributed by atoms with E-state index in [1.807, 2.05) is 48.6 Å². The van der Waals surface area contributed by atoms with Crippen LogP contribution >= 0.6 is 35.1 Å². The zero-order valence-corrected chi connectivity index (χ0v) is 16.3. The SMILES string of the molecule is Cc1cc(OCC(=O)Nc2cccc(C3SCCCS3)c2)ccc1Cl. The van der Waals surface area contributed by atoms with Crippen molar-refractivity contribution in [1.82, 2.24) is 0 Å². The Balaban J connectivity index is 1.56. The number of halogens is 1. The van der Waals surface area contributed by atoms with Gasteiger partial charge >= 0.3 is 0 Å². The predicted octanol–water partition coefficient (Wildman–Crippen LogP) is 5.53. The van der Waals surface area contributed by atoms with Crippen molar-refractivity contribution in [2.24, 2.45) is 0 Å². The minimum atomic E-state index is -0.172. The Labute approximate surface area is 161 Å². The molecule has 0 spiro atoms. The highest BCUT2D eigenvalue weighted by atomic mass is 35.5. The number of thioether (sulfide) groups is 2. The van der Waals surface area contributed by atoms with E-state index in [2.05, 4.69) is 17.4 Å². The summed E-state index contributed by atoms with van der Waals surface area (Å²) in [5, 5.41) is 3.60. The van der Waals surface area contributed by atoms with Crippen molar-refractivity contribution in [2.45, 2.75) is 17.9 Å². The van der Waals surface area contributed by atoms with Crippen molar-refractivity contribution in [2.75, 3.05) is 23.4 Å².